The predicted molar refractivity (Wildman–Crippen MR) is 111 cm³/mol. The van der Waals surface area contributed by atoms with Crippen LogP contribution >= 0.6 is 0 Å². The third-order valence-corrected chi connectivity index (χ3v) is 4.91. The summed E-state index contributed by atoms with van der Waals surface area (Å²) in [5.41, 5.74) is 3.53. The fourth-order valence-electron chi connectivity index (χ4n) is 3.22. The van der Waals surface area contributed by atoms with Gasteiger partial charge >= 0.3 is 5.97 Å². The van der Waals surface area contributed by atoms with Gasteiger partial charge in [-0.3, -0.25) is 9.59 Å². The van der Waals surface area contributed by atoms with Crippen molar-refractivity contribution < 1.29 is 19.1 Å². The highest BCUT2D eigenvalue weighted by Crippen LogP contribution is 2.21. The fourth-order valence-corrected chi connectivity index (χ4v) is 3.22. The Labute approximate surface area is 170 Å². The molecule has 0 spiro atoms. The lowest BCUT2D eigenvalue weighted by molar-refractivity contribution is -0.121. The van der Waals surface area contributed by atoms with Crippen molar-refractivity contribution in [3.05, 3.63) is 65.2 Å². The van der Waals surface area contributed by atoms with Crippen molar-refractivity contribution in [3.63, 3.8) is 0 Å². The molecule has 1 heterocycles. The van der Waals surface area contributed by atoms with E-state index < -0.39 is 5.97 Å². The molecule has 3 rings (SSSR count). The number of aryl methyl sites for hydroxylation is 2. The molecule has 2 aromatic rings. The number of nitrogens with one attached hydrogen (secondary N) is 1. The van der Waals surface area contributed by atoms with Crippen molar-refractivity contribution in [2.24, 2.45) is 0 Å². The molecule has 2 amide bonds. The molecule has 1 saturated heterocycles. The summed E-state index contributed by atoms with van der Waals surface area (Å²) in [5, 5.41) is 2.76. The minimum atomic E-state index is -0.446. The molecule has 0 saturated carbocycles. The van der Waals surface area contributed by atoms with Crippen LogP contribution in [-0.4, -0.2) is 37.5 Å². The van der Waals surface area contributed by atoms with E-state index in [9.17, 15) is 14.4 Å². The van der Waals surface area contributed by atoms with Crippen molar-refractivity contribution in [1.82, 2.24) is 5.32 Å². The molecule has 1 aliphatic heterocycles. The van der Waals surface area contributed by atoms with Crippen molar-refractivity contribution in [3.8, 4) is 0 Å². The molecule has 0 bridgehead atoms. The van der Waals surface area contributed by atoms with Gasteiger partial charge in [-0.25, -0.2) is 4.79 Å². The zero-order valence-electron chi connectivity index (χ0n) is 16.6. The summed E-state index contributed by atoms with van der Waals surface area (Å²) in [7, 11) is 0. The molecular formula is C23H26N2O4. The lowest BCUT2D eigenvalue weighted by atomic mass is 10.1. The Morgan fingerprint density at radius 2 is 1.79 bits per heavy atom. The van der Waals surface area contributed by atoms with Crippen LogP contribution in [0.4, 0.5) is 5.69 Å². The third kappa shape index (κ3) is 5.91. The highest BCUT2D eigenvalue weighted by molar-refractivity contribution is 5.96. The average molecular weight is 394 g/mol. The van der Waals surface area contributed by atoms with Gasteiger partial charge in [-0.2, -0.15) is 0 Å². The van der Waals surface area contributed by atoms with Gasteiger partial charge in [0.15, 0.2) is 0 Å². The monoisotopic (exact) mass is 394 g/mol. The lowest BCUT2D eigenvalue weighted by Gasteiger charge is -2.15. The third-order valence-electron chi connectivity index (χ3n) is 4.91. The summed E-state index contributed by atoms with van der Waals surface area (Å²) in [6, 6.07) is 14.9. The predicted octanol–water partition coefficient (Wildman–Crippen LogP) is 3.03. The van der Waals surface area contributed by atoms with E-state index in [1.807, 2.05) is 31.2 Å². The van der Waals surface area contributed by atoms with Crippen LogP contribution in [0.1, 0.15) is 40.7 Å². The lowest BCUT2D eigenvalue weighted by Crippen LogP contribution is -2.28. The number of esters is 1. The molecule has 2 aromatic carbocycles. The quantitative estimate of drug-likeness (QED) is 0.552. The Morgan fingerprint density at radius 1 is 1.07 bits per heavy atom. The van der Waals surface area contributed by atoms with Crippen LogP contribution in [0.25, 0.3) is 0 Å². The van der Waals surface area contributed by atoms with E-state index in [-0.39, 0.29) is 25.0 Å². The van der Waals surface area contributed by atoms with E-state index >= 15 is 0 Å². The highest BCUT2D eigenvalue weighted by atomic mass is 16.5. The van der Waals surface area contributed by atoms with E-state index in [4.69, 9.17) is 4.74 Å². The number of amides is 2. The molecule has 1 fully saturated rings. The van der Waals surface area contributed by atoms with Gasteiger partial charge in [0.2, 0.25) is 11.8 Å². The second kappa shape index (κ2) is 9.87. The molecule has 0 radical (unpaired) electrons. The minimum Gasteiger partial charge on any atom is -0.460 e. The zero-order chi connectivity index (χ0) is 20.6. The summed E-state index contributed by atoms with van der Waals surface area (Å²) >= 11 is 0. The van der Waals surface area contributed by atoms with Gasteiger partial charge in [0.1, 0.15) is 6.61 Å². The average Bonchev–Trinajstić information content (AvgIpc) is 3.16. The molecule has 0 aromatic heterocycles. The number of nitrogens with zero attached hydrogens (tertiary/aromatic N) is 1. The molecule has 0 unspecified atom stereocenters. The van der Waals surface area contributed by atoms with Crippen LogP contribution < -0.4 is 10.2 Å². The van der Waals surface area contributed by atoms with E-state index in [2.05, 4.69) is 5.32 Å². The number of hydrogen-bond donors (Lipinski definition) is 1. The number of carbonyl (C=O) groups excluding carboxylic acids is 3. The maximum atomic E-state index is 12.1. The first-order chi connectivity index (χ1) is 14.0. The van der Waals surface area contributed by atoms with Gasteiger partial charge in [0, 0.05) is 25.1 Å². The molecule has 6 nitrogen and oxygen atoms in total. The van der Waals surface area contributed by atoms with Crippen LogP contribution in [0.15, 0.2) is 48.5 Å². The van der Waals surface area contributed by atoms with Crippen LogP contribution in [0.5, 0.6) is 0 Å². The van der Waals surface area contributed by atoms with Gasteiger partial charge in [-0.05, 0) is 49.6 Å². The topological polar surface area (TPSA) is 75.7 Å². The highest BCUT2D eigenvalue weighted by Gasteiger charge is 2.21. The molecule has 0 aliphatic carbocycles. The smallest absolute Gasteiger partial charge is 0.338 e. The molecule has 152 valence electrons. The Bertz CT molecular complexity index is 859. The van der Waals surface area contributed by atoms with Crippen molar-refractivity contribution in [2.75, 3.05) is 24.6 Å². The van der Waals surface area contributed by atoms with E-state index in [1.165, 1.54) is 5.56 Å². The first-order valence-electron chi connectivity index (χ1n) is 9.93. The van der Waals surface area contributed by atoms with Gasteiger partial charge in [0.25, 0.3) is 0 Å². The maximum absolute atomic E-state index is 12.1. The van der Waals surface area contributed by atoms with Crippen LogP contribution in [0.2, 0.25) is 0 Å². The number of carbonyl (C=O) groups is 3. The maximum Gasteiger partial charge on any atom is 0.338 e. The number of rotatable bonds is 8. The van der Waals surface area contributed by atoms with Crippen molar-refractivity contribution >= 4 is 23.5 Å². The molecule has 6 heteroatoms. The molecule has 0 atom stereocenters. The van der Waals surface area contributed by atoms with Gasteiger partial charge in [-0.1, -0.05) is 29.8 Å². The van der Waals surface area contributed by atoms with Gasteiger partial charge in [0.05, 0.1) is 12.1 Å². The Hall–Kier alpha value is -3.15. The summed E-state index contributed by atoms with van der Waals surface area (Å²) in [5.74, 6) is -0.405. The first-order valence-corrected chi connectivity index (χ1v) is 9.93. The van der Waals surface area contributed by atoms with Crippen molar-refractivity contribution in [2.45, 2.75) is 32.6 Å². The minimum absolute atomic E-state index is 0.0683. The number of anilines is 1. The van der Waals surface area contributed by atoms with Crippen LogP contribution in [0, 0.1) is 6.92 Å². The normalized spacial score (nSPS) is 13.4. The van der Waals surface area contributed by atoms with Crippen LogP contribution in [-0.2, 0) is 20.7 Å². The second-order valence-corrected chi connectivity index (χ2v) is 7.17. The molecule has 29 heavy (non-hydrogen) atoms. The second-order valence-electron chi connectivity index (χ2n) is 7.17. The summed E-state index contributed by atoms with van der Waals surface area (Å²) in [6.07, 6.45) is 2.51. The largest absolute Gasteiger partial charge is 0.460 e. The van der Waals surface area contributed by atoms with Gasteiger partial charge in [-0.15, -0.1) is 0 Å². The Balaban J connectivity index is 1.35. The zero-order valence-corrected chi connectivity index (χ0v) is 16.6. The number of ether oxygens (including phenoxy) is 1. The van der Waals surface area contributed by atoms with Crippen molar-refractivity contribution in [1.29, 1.82) is 0 Å². The van der Waals surface area contributed by atoms with E-state index in [1.54, 1.807) is 29.2 Å². The number of benzene rings is 2. The number of hydrogen-bond acceptors (Lipinski definition) is 4. The molecule has 1 aliphatic rings. The van der Waals surface area contributed by atoms with E-state index in [0.717, 1.165) is 17.7 Å². The molecular weight excluding hydrogens is 368 g/mol. The Morgan fingerprint density at radius 3 is 2.45 bits per heavy atom. The standard InChI is InChI=1S/C23H26N2O4/c1-17-4-6-18(7-5-17)8-13-21(26)24-14-16-29-23(28)19-9-11-20(12-10-19)25-15-2-3-22(25)27/h4-7,9-12H,2-3,8,13-16H2,1H3,(H,24,26). The van der Waals surface area contributed by atoms with E-state index in [0.29, 0.717) is 31.4 Å². The summed E-state index contributed by atoms with van der Waals surface area (Å²) < 4.78 is 5.21. The molecule has 1 N–H and O–H groups in total. The summed E-state index contributed by atoms with van der Waals surface area (Å²) in [6.45, 7) is 3.13. The fraction of sp³-hybridized carbons (Fsp3) is 0.348. The first kappa shape index (κ1) is 20.6. The van der Waals surface area contributed by atoms with Crippen LogP contribution in [0.3, 0.4) is 0 Å². The SMILES string of the molecule is Cc1ccc(CCC(=O)NCCOC(=O)c2ccc(N3CCCC3=O)cc2)cc1. The van der Waals surface area contributed by atoms with Gasteiger partial charge < -0.3 is 15.0 Å². The Kier molecular flexibility index (Phi) is 7.00. The summed E-state index contributed by atoms with van der Waals surface area (Å²) in [4.78, 5) is 37.5.